The molecule has 3 rings (SSSR count). The van der Waals surface area contributed by atoms with Crippen LogP contribution in [0.3, 0.4) is 0 Å². The van der Waals surface area contributed by atoms with Crippen molar-refractivity contribution in [1.29, 1.82) is 0 Å². The quantitative estimate of drug-likeness (QED) is 0.0175. The van der Waals surface area contributed by atoms with Crippen LogP contribution in [-0.2, 0) is 57.6 Å². The number of nitrogens with zero attached hydrogens (tertiary/aromatic N) is 1. The predicted octanol–water partition coefficient (Wildman–Crippen LogP) is -1.98. The number of hydrogen-bond donors (Lipinski definition) is 15. The second kappa shape index (κ2) is 32.3. The molecule has 0 saturated carbocycles. The van der Waals surface area contributed by atoms with Gasteiger partial charge in [-0.25, -0.2) is 4.79 Å². The molecule has 0 radical (unpaired) electrons. The fraction of sp³-hybridized carbons (Fsp3) is 0.460. The monoisotopic (exact) mass is 1030 g/mol. The second-order valence-corrected chi connectivity index (χ2v) is 17.8. The SMILES string of the molecule is NCCCC[C@H](NC(=O)[C@H](Cc1ccc(O)cc1)NC(=O)[C@H](CCCCN)NC(=O)[C@H](Cc1ccc(O)cc1)NC(=O)[C@H](CCC(N)=O)NC(=O)[C@@H](N)CCCN=C(N)N)C(=O)N[C@@H](Cc1ccccc1)C(=O)O. The zero-order chi connectivity index (χ0) is 54.6. The van der Waals surface area contributed by atoms with Gasteiger partial charge in [0.25, 0.3) is 0 Å². The number of carboxylic acids is 1. The van der Waals surface area contributed by atoms with Gasteiger partial charge in [-0.2, -0.15) is 0 Å². The maximum Gasteiger partial charge on any atom is 0.326 e. The molecule has 3 aromatic carbocycles. The van der Waals surface area contributed by atoms with Gasteiger partial charge in [-0.1, -0.05) is 54.6 Å². The van der Waals surface area contributed by atoms with Gasteiger partial charge in [0.05, 0.1) is 6.04 Å². The van der Waals surface area contributed by atoms with Crippen molar-refractivity contribution in [1.82, 2.24) is 31.9 Å². The van der Waals surface area contributed by atoms with Crippen molar-refractivity contribution < 1.29 is 53.7 Å². The highest BCUT2D eigenvalue weighted by atomic mass is 16.4. The van der Waals surface area contributed by atoms with Gasteiger partial charge < -0.3 is 81.6 Å². The zero-order valence-corrected chi connectivity index (χ0v) is 41.4. The third-order valence-electron chi connectivity index (χ3n) is 11.7. The van der Waals surface area contributed by atoms with Crippen LogP contribution in [0.2, 0.25) is 0 Å². The van der Waals surface area contributed by atoms with E-state index in [1.165, 1.54) is 48.5 Å². The number of nitrogens with one attached hydrogen (secondary N) is 6. The number of carbonyl (C=O) groups is 8. The average molecular weight is 1030 g/mol. The Labute approximate surface area is 429 Å². The van der Waals surface area contributed by atoms with E-state index in [0.29, 0.717) is 48.8 Å². The Morgan fingerprint density at radius 2 is 0.838 bits per heavy atom. The minimum Gasteiger partial charge on any atom is -0.508 e. The van der Waals surface area contributed by atoms with Gasteiger partial charge in [0, 0.05) is 32.2 Å². The van der Waals surface area contributed by atoms with Crippen molar-refractivity contribution in [2.24, 2.45) is 39.4 Å². The minimum absolute atomic E-state index is 0.0112. The number of unbranched alkanes of at least 4 members (excludes halogenated alkanes) is 2. The van der Waals surface area contributed by atoms with Crippen LogP contribution >= 0.6 is 0 Å². The molecule has 21 N–H and O–H groups in total. The van der Waals surface area contributed by atoms with E-state index in [9.17, 15) is 53.7 Å². The van der Waals surface area contributed by atoms with Gasteiger partial charge in [-0.3, -0.25) is 38.6 Å². The van der Waals surface area contributed by atoms with E-state index in [1.807, 2.05) is 0 Å². The van der Waals surface area contributed by atoms with Crippen LogP contribution < -0.4 is 66.3 Å². The Morgan fingerprint density at radius 3 is 1.26 bits per heavy atom. The number of aliphatic carboxylic acids is 1. The molecule has 74 heavy (non-hydrogen) atoms. The maximum absolute atomic E-state index is 14.5. The van der Waals surface area contributed by atoms with E-state index in [0.717, 1.165) is 0 Å². The molecule has 24 heteroatoms. The van der Waals surface area contributed by atoms with E-state index in [4.69, 9.17) is 34.4 Å². The molecule has 24 nitrogen and oxygen atoms in total. The lowest BCUT2D eigenvalue weighted by Crippen LogP contribution is -2.60. The standard InChI is InChI=1S/C50H73N13O11/c51-24-6-4-12-36(59-48(72)40(28-32-16-20-34(65)21-17-32)62-46(70)38(22-23-42(54)66)58-43(67)35(53)11-8-26-57-50(55)56)44(68)61-39(27-31-14-18-33(64)19-15-31)47(71)60-37(13-5-7-25-52)45(69)63-41(49(73)74)29-30-9-2-1-3-10-30/h1-3,9-10,14-21,35-41,64-65H,4-8,11-13,22-29,51-53H2,(H2,54,66)(H,58,67)(H,59,72)(H,60,71)(H,61,68)(H,62,70)(H,63,69)(H,73,74)(H4,55,56,57)/t35-,36-,37-,38-,39-,40-,41-/m0/s1. The summed E-state index contributed by atoms with van der Waals surface area (Å²) >= 11 is 0. The molecule has 0 aliphatic heterocycles. The number of primary amides is 1. The molecule has 0 aromatic heterocycles. The molecule has 0 bridgehead atoms. The number of nitrogens with two attached hydrogens (primary N) is 6. The van der Waals surface area contributed by atoms with Crippen LogP contribution in [-0.4, -0.2) is 131 Å². The number of benzene rings is 3. The lowest BCUT2D eigenvalue weighted by atomic mass is 10.0. The van der Waals surface area contributed by atoms with E-state index in [-0.39, 0.29) is 88.5 Å². The fourth-order valence-corrected chi connectivity index (χ4v) is 7.57. The van der Waals surface area contributed by atoms with Crippen LogP contribution in [0.4, 0.5) is 0 Å². The molecular weight excluding hydrogens is 959 g/mol. The van der Waals surface area contributed by atoms with E-state index in [1.54, 1.807) is 30.3 Å². The number of rotatable bonds is 34. The highest BCUT2D eigenvalue weighted by Crippen LogP contribution is 2.16. The molecular formula is C50H73N13O11. The fourth-order valence-electron chi connectivity index (χ4n) is 7.57. The minimum atomic E-state index is -1.46. The summed E-state index contributed by atoms with van der Waals surface area (Å²) in [5, 5.41) is 45.8. The number of carbonyl (C=O) groups excluding carboxylic acids is 7. The van der Waals surface area contributed by atoms with Crippen molar-refractivity contribution in [3.05, 3.63) is 95.6 Å². The van der Waals surface area contributed by atoms with Crippen LogP contribution in [0.5, 0.6) is 11.5 Å². The van der Waals surface area contributed by atoms with Crippen molar-refractivity contribution in [2.45, 2.75) is 126 Å². The summed E-state index contributed by atoms with van der Waals surface area (Å²) in [5.74, 6) is -7.39. The summed E-state index contributed by atoms with van der Waals surface area (Å²) in [7, 11) is 0. The number of phenols is 2. The van der Waals surface area contributed by atoms with E-state index in [2.05, 4.69) is 36.9 Å². The number of amides is 7. The highest BCUT2D eigenvalue weighted by Gasteiger charge is 2.34. The normalized spacial score (nSPS) is 13.8. The second-order valence-electron chi connectivity index (χ2n) is 17.8. The topological polar surface area (TPSA) is 438 Å². The smallest absolute Gasteiger partial charge is 0.326 e. The molecule has 404 valence electrons. The van der Waals surface area contributed by atoms with Crippen LogP contribution in [0.1, 0.15) is 80.9 Å². The van der Waals surface area contributed by atoms with E-state index < -0.39 is 89.6 Å². The summed E-state index contributed by atoms with van der Waals surface area (Å²) in [6, 6.07) is 10.7. The van der Waals surface area contributed by atoms with Crippen molar-refractivity contribution in [2.75, 3.05) is 19.6 Å². The Morgan fingerprint density at radius 1 is 0.459 bits per heavy atom. The lowest BCUT2D eigenvalue weighted by molar-refractivity contribution is -0.142. The van der Waals surface area contributed by atoms with Gasteiger partial charge in [0.2, 0.25) is 41.4 Å². The van der Waals surface area contributed by atoms with Gasteiger partial charge in [0.1, 0.15) is 47.8 Å². The van der Waals surface area contributed by atoms with Gasteiger partial charge in [0.15, 0.2) is 5.96 Å². The molecule has 0 aliphatic rings. The summed E-state index contributed by atoms with van der Waals surface area (Å²) in [5.41, 5.74) is 35.3. The Balaban J connectivity index is 1.97. The molecule has 0 saturated heterocycles. The molecule has 7 atom stereocenters. The summed E-state index contributed by atoms with van der Waals surface area (Å²) in [6.07, 6.45) is 0.996. The summed E-state index contributed by atoms with van der Waals surface area (Å²) in [6.45, 7) is 0.685. The molecule has 0 unspecified atom stereocenters. The molecule has 0 heterocycles. The van der Waals surface area contributed by atoms with Crippen LogP contribution in [0.25, 0.3) is 0 Å². The third-order valence-corrected chi connectivity index (χ3v) is 11.7. The average Bonchev–Trinajstić information content (AvgIpc) is 3.36. The Bertz CT molecular complexity index is 2320. The Kier molecular flexibility index (Phi) is 26.4. The third kappa shape index (κ3) is 22.7. The molecule has 7 amide bonds. The largest absolute Gasteiger partial charge is 0.508 e. The number of aliphatic imine (C=N–C) groups is 1. The van der Waals surface area contributed by atoms with E-state index >= 15 is 0 Å². The first-order chi connectivity index (χ1) is 35.3. The van der Waals surface area contributed by atoms with Crippen molar-refractivity contribution in [3.63, 3.8) is 0 Å². The number of phenolic OH excluding ortho intramolecular Hbond substituents is 2. The Hall–Kier alpha value is -7.83. The lowest BCUT2D eigenvalue weighted by Gasteiger charge is -2.28. The maximum atomic E-state index is 14.5. The zero-order valence-electron chi connectivity index (χ0n) is 41.4. The first-order valence-corrected chi connectivity index (χ1v) is 24.4. The molecule has 0 fully saturated rings. The summed E-state index contributed by atoms with van der Waals surface area (Å²) < 4.78 is 0. The molecule has 0 spiro atoms. The summed E-state index contributed by atoms with van der Waals surface area (Å²) in [4.78, 5) is 113. The predicted molar refractivity (Wildman–Crippen MR) is 275 cm³/mol. The van der Waals surface area contributed by atoms with Crippen molar-refractivity contribution in [3.8, 4) is 11.5 Å². The number of hydrogen-bond acceptors (Lipinski definition) is 14. The van der Waals surface area contributed by atoms with Crippen LogP contribution in [0, 0.1) is 0 Å². The van der Waals surface area contributed by atoms with Gasteiger partial charge >= 0.3 is 5.97 Å². The number of guanidine groups is 1. The molecule has 0 aliphatic carbocycles. The van der Waals surface area contributed by atoms with Crippen LogP contribution in [0.15, 0.2) is 83.9 Å². The molecule has 3 aromatic rings. The van der Waals surface area contributed by atoms with Crippen molar-refractivity contribution >= 4 is 53.3 Å². The first-order valence-electron chi connectivity index (χ1n) is 24.4. The first kappa shape index (κ1) is 60.5. The van der Waals surface area contributed by atoms with Gasteiger partial charge in [-0.05, 0) is 112 Å². The number of carboxylic acid groups (broad SMARTS) is 1. The highest BCUT2D eigenvalue weighted by molar-refractivity contribution is 5.97. The van der Waals surface area contributed by atoms with Gasteiger partial charge in [-0.15, -0.1) is 0 Å². The number of aromatic hydroxyl groups is 2.